The molecule has 0 aromatic rings. The van der Waals surface area contributed by atoms with Crippen LogP contribution in [0.25, 0.3) is 0 Å². The standard InChI is InChI=1S/C9H14N2O2/c12-8-6-9(7-11(8)10-13)4-2-1-3-5-9/h1-7H2. The Balaban J connectivity index is 2.09. The van der Waals surface area contributed by atoms with E-state index in [1.165, 1.54) is 19.3 Å². The van der Waals surface area contributed by atoms with Gasteiger partial charge in [0.2, 0.25) is 5.91 Å². The fourth-order valence-electron chi connectivity index (χ4n) is 2.58. The van der Waals surface area contributed by atoms with Crippen LogP contribution in [0.3, 0.4) is 0 Å². The fraction of sp³-hybridized carbons (Fsp3) is 0.889. The lowest BCUT2D eigenvalue weighted by Gasteiger charge is -2.31. The van der Waals surface area contributed by atoms with Crippen molar-refractivity contribution in [1.82, 2.24) is 5.01 Å². The summed E-state index contributed by atoms with van der Waals surface area (Å²) in [5.41, 5.74) is 0.100. The van der Waals surface area contributed by atoms with Gasteiger partial charge in [-0.3, -0.25) is 4.79 Å². The largest absolute Gasteiger partial charge is 0.273 e. The average molecular weight is 182 g/mol. The van der Waals surface area contributed by atoms with Crippen molar-refractivity contribution in [3.63, 3.8) is 0 Å². The summed E-state index contributed by atoms with van der Waals surface area (Å²) in [6.07, 6.45) is 6.37. The molecule has 2 fully saturated rings. The van der Waals surface area contributed by atoms with Crippen molar-refractivity contribution in [1.29, 1.82) is 0 Å². The highest BCUT2D eigenvalue weighted by Gasteiger charge is 2.44. The Hall–Kier alpha value is -0.930. The van der Waals surface area contributed by atoms with Gasteiger partial charge in [-0.15, -0.1) is 4.91 Å². The fourth-order valence-corrected chi connectivity index (χ4v) is 2.58. The van der Waals surface area contributed by atoms with Gasteiger partial charge in [0.05, 0.1) is 11.8 Å². The predicted octanol–water partition coefficient (Wildman–Crippen LogP) is 1.85. The first-order chi connectivity index (χ1) is 6.26. The molecule has 0 atom stereocenters. The molecule has 13 heavy (non-hydrogen) atoms. The van der Waals surface area contributed by atoms with Crippen LogP contribution in [0.2, 0.25) is 0 Å². The molecule has 0 radical (unpaired) electrons. The van der Waals surface area contributed by atoms with Crippen LogP contribution in [0, 0.1) is 10.3 Å². The molecule has 0 unspecified atom stereocenters. The van der Waals surface area contributed by atoms with Gasteiger partial charge < -0.3 is 0 Å². The van der Waals surface area contributed by atoms with E-state index in [0.29, 0.717) is 13.0 Å². The van der Waals surface area contributed by atoms with Crippen LogP contribution in [0.1, 0.15) is 38.5 Å². The highest BCUT2D eigenvalue weighted by Crippen LogP contribution is 2.44. The topological polar surface area (TPSA) is 49.7 Å². The van der Waals surface area contributed by atoms with Crippen LogP contribution < -0.4 is 0 Å². The summed E-state index contributed by atoms with van der Waals surface area (Å²) >= 11 is 0. The van der Waals surface area contributed by atoms with Crippen LogP contribution in [-0.2, 0) is 4.79 Å². The SMILES string of the molecule is O=NN1CC2(CCCCC2)CC1=O. The van der Waals surface area contributed by atoms with Crippen LogP contribution in [-0.4, -0.2) is 17.5 Å². The number of nitrogens with zero attached hydrogens (tertiary/aromatic N) is 2. The Morgan fingerprint density at radius 3 is 2.46 bits per heavy atom. The number of nitroso groups, excluding NO2 is 1. The Labute approximate surface area is 77.2 Å². The van der Waals surface area contributed by atoms with Gasteiger partial charge in [-0.25, -0.2) is 0 Å². The van der Waals surface area contributed by atoms with Crippen molar-refractivity contribution < 1.29 is 4.79 Å². The van der Waals surface area contributed by atoms with Crippen molar-refractivity contribution in [3.8, 4) is 0 Å². The van der Waals surface area contributed by atoms with Gasteiger partial charge in [-0.2, -0.15) is 5.01 Å². The summed E-state index contributed by atoms with van der Waals surface area (Å²) in [6, 6.07) is 0. The van der Waals surface area contributed by atoms with Crippen molar-refractivity contribution >= 4 is 5.91 Å². The first-order valence-corrected chi connectivity index (χ1v) is 4.89. The van der Waals surface area contributed by atoms with Gasteiger partial charge in [0.25, 0.3) is 0 Å². The number of amides is 1. The van der Waals surface area contributed by atoms with E-state index in [9.17, 15) is 9.70 Å². The molecule has 1 aliphatic carbocycles. The van der Waals surface area contributed by atoms with Gasteiger partial charge in [0.1, 0.15) is 0 Å². The molecule has 1 heterocycles. The van der Waals surface area contributed by atoms with E-state index in [4.69, 9.17) is 0 Å². The molecule has 0 bridgehead atoms. The molecule has 1 amide bonds. The Bertz CT molecular complexity index is 234. The summed E-state index contributed by atoms with van der Waals surface area (Å²) < 4.78 is 0. The van der Waals surface area contributed by atoms with Crippen LogP contribution in [0.5, 0.6) is 0 Å². The van der Waals surface area contributed by atoms with Crippen molar-refractivity contribution in [2.75, 3.05) is 6.54 Å². The number of hydrogen-bond acceptors (Lipinski definition) is 3. The second-order valence-electron chi connectivity index (χ2n) is 4.27. The van der Waals surface area contributed by atoms with E-state index in [2.05, 4.69) is 5.29 Å². The second-order valence-corrected chi connectivity index (χ2v) is 4.27. The van der Waals surface area contributed by atoms with Crippen molar-refractivity contribution in [2.45, 2.75) is 38.5 Å². The number of carbonyl (C=O) groups is 1. The maximum atomic E-state index is 11.3. The van der Waals surface area contributed by atoms with Crippen molar-refractivity contribution in [3.05, 3.63) is 4.91 Å². The predicted molar refractivity (Wildman–Crippen MR) is 47.6 cm³/mol. The van der Waals surface area contributed by atoms with Crippen LogP contribution >= 0.6 is 0 Å². The van der Waals surface area contributed by atoms with E-state index in [1.807, 2.05) is 0 Å². The highest BCUT2D eigenvalue weighted by atomic mass is 16.3. The van der Waals surface area contributed by atoms with Gasteiger partial charge >= 0.3 is 0 Å². The molecule has 0 aromatic carbocycles. The molecular formula is C9H14N2O2. The van der Waals surface area contributed by atoms with E-state index >= 15 is 0 Å². The molecular weight excluding hydrogens is 168 g/mol. The van der Waals surface area contributed by atoms with E-state index in [0.717, 1.165) is 17.9 Å². The summed E-state index contributed by atoms with van der Waals surface area (Å²) in [6.45, 7) is 0.565. The molecule has 1 saturated carbocycles. The monoisotopic (exact) mass is 182 g/mol. The van der Waals surface area contributed by atoms with E-state index in [-0.39, 0.29) is 11.3 Å². The van der Waals surface area contributed by atoms with Crippen LogP contribution in [0.15, 0.2) is 5.29 Å². The minimum absolute atomic E-state index is 0.0862. The smallest absolute Gasteiger partial charge is 0.245 e. The quantitative estimate of drug-likeness (QED) is 0.581. The maximum Gasteiger partial charge on any atom is 0.245 e. The van der Waals surface area contributed by atoms with Gasteiger partial charge in [-0.05, 0) is 18.3 Å². The summed E-state index contributed by atoms with van der Waals surface area (Å²) in [5, 5.41) is 3.85. The molecule has 4 heteroatoms. The first kappa shape index (κ1) is 8.66. The van der Waals surface area contributed by atoms with Crippen LogP contribution in [0.4, 0.5) is 0 Å². The lowest BCUT2D eigenvalue weighted by atomic mass is 9.73. The van der Waals surface area contributed by atoms with Gasteiger partial charge in [0, 0.05) is 6.42 Å². The van der Waals surface area contributed by atoms with E-state index in [1.54, 1.807) is 0 Å². The second kappa shape index (κ2) is 3.09. The third-order valence-corrected chi connectivity index (χ3v) is 3.31. The molecule has 2 aliphatic rings. The zero-order valence-electron chi connectivity index (χ0n) is 7.66. The van der Waals surface area contributed by atoms with Crippen molar-refractivity contribution in [2.24, 2.45) is 10.7 Å². The Morgan fingerprint density at radius 1 is 1.23 bits per heavy atom. The Morgan fingerprint density at radius 2 is 1.92 bits per heavy atom. The Kier molecular flexibility index (Phi) is 2.06. The lowest BCUT2D eigenvalue weighted by molar-refractivity contribution is -0.127. The number of hydrogen-bond donors (Lipinski definition) is 0. The third kappa shape index (κ3) is 1.45. The summed E-state index contributed by atoms with van der Waals surface area (Å²) in [4.78, 5) is 21.6. The lowest BCUT2D eigenvalue weighted by Crippen LogP contribution is -2.27. The summed E-state index contributed by atoms with van der Waals surface area (Å²) in [5.74, 6) is -0.0862. The van der Waals surface area contributed by atoms with Gasteiger partial charge in [-0.1, -0.05) is 19.3 Å². The molecule has 0 aromatic heterocycles. The molecule has 0 N–H and O–H groups in total. The number of carbonyl (C=O) groups excluding carboxylic acids is 1. The van der Waals surface area contributed by atoms with Gasteiger partial charge in [0.15, 0.2) is 0 Å². The molecule has 72 valence electrons. The summed E-state index contributed by atoms with van der Waals surface area (Å²) in [7, 11) is 0. The molecule has 1 saturated heterocycles. The van der Waals surface area contributed by atoms with E-state index < -0.39 is 0 Å². The molecule has 4 nitrogen and oxygen atoms in total. The molecule has 1 spiro atoms. The maximum absolute atomic E-state index is 11.3. The minimum Gasteiger partial charge on any atom is -0.273 e. The molecule has 1 aliphatic heterocycles. The molecule has 2 rings (SSSR count). The zero-order valence-corrected chi connectivity index (χ0v) is 7.66. The number of rotatable bonds is 1. The zero-order chi connectivity index (χ0) is 9.31. The first-order valence-electron chi connectivity index (χ1n) is 4.89. The normalized spacial score (nSPS) is 26.8. The highest BCUT2D eigenvalue weighted by molar-refractivity contribution is 5.79. The average Bonchev–Trinajstić information content (AvgIpc) is 2.44. The minimum atomic E-state index is -0.0862. The third-order valence-electron chi connectivity index (χ3n) is 3.31.